The summed E-state index contributed by atoms with van der Waals surface area (Å²) in [5.74, 6) is -1.33. The number of hydrogen-bond donors (Lipinski definition) is 1. The molecule has 0 radical (unpaired) electrons. The van der Waals surface area contributed by atoms with E-state index in [2.05, 4.69) is 26.2 Å². The van der Waals surface area contributed by atoms with Crippen molar-refractivity contribution in [1.82, 2.24) is 4.98 Å². The van der Waals surface area contributed by atoms with Crippen LogP contribution >= 0.6 is 15.9 Å². The lowest BCUT2D eigenvalue weighted by Crippen LogP contribution is -1.98. The van der Waals surface area contributed by atoms with E-state index >= 15 is 0 Å². The Morgan fingerprint density at radius 1 is 1.05 bits per heavy atom. The van der Waals surface area contributed by atoms with Gasteiger partial charge in [-0.3, -0.25) is 0 Å². The first kappa shape index (κ1) is 13.9. The smallest absolute Gasteiger partial charge is 0.152 e. The molecule has 0 spiro atoms. The van der Waals surface area contributed by atoms with E-state index in [0.29, 0.717) is 16.8 Å². The molecule has 0 aliphatic heterocycles. The third kappa shape index (κ3) is 2.38. The van der Waals surface area contributed by atoms with Crippen molar-refractivity contribution in [3.8, 4) is 11.3 Å². The molecule has 3 rings (SSSR count). The number of rotatable bonds is 2. The molecule has 0 aliphatic carbocycles. The molecule has 0 saturated heterocycles. The molecular weight excluding hydrogens is 338 g/mol. The largest absolute Gasteiger partial charge is 0.387 e. The normalized spacial score (nSPS) is 10.9. The van der Waals surface area contributed by atoms with Crippen LogP contribution in [0.15, 0.2) is 46.9 Å². The second kappa shape index (κ2) is 5.41. The second-order valence-electron chi connectivity index (χ2n) is 4.55. The van der Waals surface area contributed by atoms with Crippen molar-refractivity contribution >= 4 is 32.5 Å². The number of nitrogens with one attached hydrogen (secondary N) is 1. The zero-order valence-electron chi connectivity index (χ0n) is 11.1. The zero-order chi connectivity index (χ0) is 15.0. The molecule has 0 aliphatic rings. The molecule has 1 heterocycles. The highest BCUT2D eigenvalue weighted by molar-refractivity contribution is 9.10. The lowest BCUT2D eigenvalue weighted by Gasteiger charge is -2.12. The summed E-state index contributed by atoms with van der Waals surface area (Å²) in [6, 6.07) is 12.1. The molecule has 0 bridgehead atoms. The van der Waals surface area contributed by atoms with Crippen molar-refractivity contribution < 1.29 is 8.78 Å². The Kier molecular flexibility index (Phi) is 3.59. The lowest BCUT2D eigenvalue weighted by molar-refractivity contribution is 0.586. The Morgan fingerprint density at radius 2 is 1.76 bits per heavy atom. The molecule has 0 amide bonds. The first-order chi connectivity index (χ1) is 10.1. The van der Waals surface area contributed by atoms with Crippen molar-refractivity contribution in [2.24, 2.45) is 0 Å². The molecule has 2 aromatic carbocycles. The highest BCUT2D eigenvalue weighted by Gasteiger charge is 2.16. The van der Waals surface area contributed by atoms with Crippen LogP contribution in [0.3, 0.4) is 0 Å². The standard InChI is InChI=1S/C16H11BrF2N2/c1-20-13-8-12(9-5-3-2-4-6-9)21-16-11(19)7-10(18)15(17)14(13)16/h2-8H,1H3,(H,20,21). The highest BCUT2D eigenvalue weighted by atomic mass is 79.9. The third-order valence-corrected chi connectivity index (χ3v) is 4.04. The van der Waals surface area contributed by atoms with Gasteiger partial charge in [0.25, 0.3) is 0 Å². The molecule has 0 atom stereocenters. The first-order valence-corrected chi connectivity index (χ1v) is 7.12. The molecule has 3 aromatic rings. The summed E-state index contributed by atoms with van der Waals surface area (Å²) in [4.78, 5) is 4.34. The Balaban J connectivity index is 2.38. The van der Waals surface area contributed by atoms with Crippen LogP contribution in [0.25, 0.3) is 22.2 Å². The van der Waals surface area contributed by atoms with Crippen molar-refractivity contribution in [2.45, 2.75) is 0 Å². The van der Waals surface area contributed by atoms with Crippen LogP contribution in [0.2, 0.25) is 0 Å². The number of hydrogen-bond acceptors (Lipinski definition) is 2. The summed E-state index contributed by atoms with van der Waals surface area (Å²) in [7, 11) is 1.71. The van der Waals surface area contributed by atoms with E-state index in [-0.39, 0.29) is 9.99 Å². The number of benzene rings is 2. The molecule has 106 valence electrons. The van der Waals surface area contributed by atoms with Gasteiger partial charge in [0, 0.05) is 29.8 Å². The van der Waals surface area contributed by atoms with Gasteiger partial charge in [-0.05, 0) is 22.0 Å². The van der Waals surface area contributed by atoms with Crippen LogP contribution < -0.4 is 5.32 Å². The Hall–Kier alpha value is -2.01. The molecule has 21 heavy (non-hydrogen) atoms. The minimum absolute atomic E-state index is 0.133. The van der Waals surface area contributed by atoms with Gasteiger partial charge in [-0.1, -0.05) is 30.3 Å². The molecule has 0 saturated carbocycles. The molecule has 1 aromatic heterocycles. The fraction of sp³-hybridized carbons (Fsp3) is 0.0625. The number of halogens is 3. The number of nitrogens with zero attached hydrogens (tertiary/aromatic N) is 1. The summed E-state index contributed by atoms with van der Waals surface area (Å²) in [6.45, 7) is 0. The maximum absolute atomic E-state index is 14.1. The number of pyridine rings is 1. The van der Waals surface area contributed by atoms with Crippen LogP contribution in [0, 0.1) is 11.6 Å². The first-order valence-electron chi connectivity index (χ1n) is 6.33. The van der Waals surface area contributed by atoms with E-state index in [1.807, 2.05) is 30.3 Å². The minimum Gasteiger partial charge on any atom is -0.387 e. The van der Waals surface area contributed by atoms with Crippen LogP contribution in [0.4, 0.5) is 14.5 Å². The van der Waals surface area contributed by atoms with E-state index in [4.69, 9.17) is 0 Å². The van der Waals surface area contributed by atoms with Gasteiger partial charge in [0.2, 0.25) is 0 Å². The molecular formula is C16H11BrF2N2. The summed E-state index contributed by atoms with van der Waals surface area (Å²) >= 11 is 3.17. The number of aromatic nitrogens is 1. The molecule has 2 nitrogen and oxygen atoms in total. The van der Waals surface area contributed by atoms with E-state index in [1.165, 1.54) is 0 Å². The van der Waals surface area contributed by atoms with Crippen molar-refractivity contribution in [2.75, 3.05) is 12.4 Å². The van der Waals surface area contributed by atoms with E-state index in [0.717, 1.165) is 11.6 Å². The molecule has 5 heteroatoms. The maximum Gasteiger partial charge on any atom is 0.152 e. The summed E-state index contributed by atoms with van der Waals surface area (Å²) in [5.41, 5.74) is 2.25. The van der Waals surface area contributed by atoms with Crippen LogP contribution in [0.1, 0.15) is 0 Å². The Morgan fingerprint density at radius 3 is 2.43 bits per heavy atom. The summed E-state index contributed by atoms with van der Waals surface area (Å²) in [5, 5.41) is 3.37. The topological polar surface area (TPSA) is 24.9 Å². The van der Waals surface area contributed by atoms with Gasteiger partial charge in [-0.25, -0.2) is 13.8 Å². The van der Waals surface area contributed by atoms with E-state index < -0.39 is 11.6 Å². The van der Waals surface area contributed by atoms with Crippen LogP contribution in [-0.4, -0.2) is 12.0 Å². The van der Waals surface area contributed by atoms with Crippen LogP contribution in [-0.2, 0) is 0 Å². The maximum atomic E-state index is 14.1. The lowest BCUT2D eigenvalue weighted by atomic mass is 10.1. The average molecular weight is 349 g/mol. The van der Waals surface area contributed by atoms with Crippen molar-refractivity contribution in [1.29, 1.82) is 0 Å². The fourth-order valence-electron chi connectivity index (χ4n) is 2.26. The quantitative estimate of drug-likeness (QED) is 0.660. The average Bonchev–Trinajstić information content (AvgIpc) is 2.52. The number of fused-ring (bicyclic) bond motifs is 1. The van der Waals surface area contributed by atoms with Gasteiger partial charge in [0.15, 0.2) is 5.82 Å². The fourth-order valence-corrected chi connectivity index (χ4v) is 2.77. The summed E-state index contributed by atoms with van der Waals surface area (Å²) < 4.78 is 28.0. The summed E-state index contributed by atoms with van der Waals surface area (Å²) in [6.07, 6.45) is 0. The van der Waals surface area contributed by atoms with E-state index in [9.17, 15) is 8.78 Å². The third-order valence-electron chi connectivity index (χ3n) is 3.27. The van der Waals surface area contributed by atoms with Gasteiger partial charge in [-0.2, -0.15) is 0 Å². The van der Waals surface area contributed by atoms with Gasteiger partial charge in [0.1, 0.15) is 11.3 Å². The SMILES string of the molecule is CNc1cc(-c2ccccc2)nc2c(F)cc(F)c(Br)c12. The zero-order valence-corrected chi connectivity index (χ0v) is 12.7. The minimum atomic E-state index is -0.681. The Bertz CT molecular complexity index is 820. The van der Waals surface area contributed by atoms with Gasteiger partial charge < -0.3 is 5.32 Å². The molecule has 1 N–H and O–H groups in total. The molecule has 0 fully saturated rings. The van der Waals surface area contributed by atoms with Crippen LogP contribution in [0.5, 0.6) is 0 Å². The predicted molar refractivity (Wildman–Crippen MR) is 84.3 cm³/mol. The second-order valence-corrected chi connectivity index (χ2v) is 5.34. The predicted octanol–water partition coefficient (Wildman–Crippen LogP) is 4.98. The van der Waals surface area contributed by atoms with Gasteiger partial charge in [-0.15, -0.1) is 0 Å². The van der Waals surface area contributed by atoms with Gasteiger partial charge >= 0.3 is 0 Å². The van der Waals surface area contributed by atoms with Crippen molar-refractivity contribution in [3.63, 3.8) is 0 Å². The van der Waals surface area contributed by atoms with Gasteiger partial charge in [0.05, 0.1) is 10.2 Å². The number of anilines is 1. The monoisotopic (exact) mass is 348 g/mol. The molecule has 0 unspecified atom stereocenters. The van der Waals surface area contributed by atoms with E-state index in [1.54, 1.807) is 13.1 Å². The van der Waals surface area contributed by atoms with Crippen molar-refractivity contribution in [3.05, 3.63) is 58.6 Å². The highest BCUT2D eigenvalue weighted by Crippen LogP contribution is 2.36. The Labute approximate surface area is 129 Å².